The average molecular weight is 439 g/mol. The Bertz CT molecular complexity index is 1350. The maximum absolute atomic E-state index is 15.5. The first-order chi connectivity index (χ1) is 15.5. The van der Waals surface area contributed by atoms with E-state index in [0.29, 0.717) is 37.6 Å². The second-order valence-electron chi connectivity index (χ2n) is 7.48. The molecule has 5 rings (SSSR count). The van der Waals surface area contributed by atoms with Gasteiger partial charge in [-0.3, -0.25) is 4.98 Å². The van der Waals surface area contributed by atoms with E-state index in [4.69, 9.17) is 9.94 Å². The van der Waals surface area contributed by atoms with Gasteiger partial charge in [0.2, 0.25) is 0 Å². The van der Waals surface area contributed by atoms with Gasteiger partial charge in [-0.2, -0.15) is 9.61 Å². The van der Waals surface area contributed by atoms with Crippen molar-refractivity contribution in [3.8, 4) is 0 Å². The lowest BCUT2D eigenvalue weighted by Crippen LogP contribution is -2.36. The lowest BCUT2D eigenvalue weighted by atomic mass is 10.1. The first-order valence-electron chi connectivity index (χ1n) is 10.0. The third-order valence-electron chi connectivity index (χ3n) is 5.52. The quantitative estimate of drug-likeness (QED) is 0.296. The van der Waals surface area contributed by atoms with Crippen LogP contribution in [0.3, 0.4) is 0 Å². The van der Waals surface area contributed by atoms with Gasteiger partial charge < -0.3 is 14.8 Å². The van der Waals surface area contributed by atoms with Gasteiger partial charge >= 0.3 is 0 Å². The van der Waals surface area contributed by atoms with Gasteiger partial charge in [0.15, 0.2) is 11.5 Å². The van der Waals surface area contributed by atoms with E-state index in [2.05, 4.69) is 30.3 Å². The zero-order chi connectivity index (χ0) is 22.2. The monoisotopic (exact) mass is 439 g/mol. The maximum Gasteiger partial charge on any atom is 0.177 e. The molecule has 1 aliphatic rings. The van der Waals surface area contributed by atoms with Gasteiger partial charge in [0.25, 0.3) is 0 Å². The highest BCUT2D eigenvalue weighted by Gasteiger charge is 2.20. The minimum atomic E-state index is -0.720. The number of ether oxygens (including phenoxy) is 1. The molecule has 1 N–H and O–H groups in total. The maximum atomic E-state index is 15.5. The molecule has 164 valence electrons. The predicted octanol–water partition coefficient (Wildman–Crippen LogP) is 2.58. The summed E-state index contributed by atoms with van der Waals surface area (Å²) in [5.74, 6) is -1.16. The number of pyridine rings is 1. The van der Waals surface area contributed by atoms with Crippen LogP contribution in [0.25, 0.3) is 16.6 Å². The fourth-order valence-electron chi connectivity index (χ4n) is 3.73. The molecule has 0 radical (unpaired) electrons. The predicted molar refractivity (Wildman–Crippen MR) is 112 cm³/mol. The number of halogens is 2. The third kappa shape index (κ3) is 3.50. The van der Waals surface area contributed by atoms with Crippen LogP contribution in [-0.4, -0.2) is 62.0 Å². The molecule has 9 nitrogen and oxygen atoms in total. The van der Waals surface area contributed by atoms with Crippen LogP contribution in [0.2, 0.25) is 0 Å². The molecule has 1 aliphatic heterocycles. The van der Waals surface area contributed by atoms with Crippen molar-refractivity contribution in [3.05, 3.63) is 59.2 Å². The van der Waals surface area contributed by atoms with E-state index >= 15 is 4.39 Å². The minimum absolute atomic E-state index is 0.146. The summed E-state index contributed by atoms with van der Waals surface area (Å²) in [5, 5.41) is 24.7. The fourth-order valence-corrected chi connectivity index (χ4v) is 3.73. The van der Waals surface area contributed by atoms with E-state index in [1.165, 1.54) is 10.6 Å². The van der Waals surface area contributed by atoms with E-state index in [9.17, 15) is 4.39 Å². The fraction of sp³-hybridized carbons (Fsp3) is 0.286. The summed E-state index contributed by atoms with van der Waals surface area (Å²) in [7, 11) is 0. The van der Waals surface area contributed by atoms with Crippen molar-refractivity contribution in [3.63, 3.8) is 0 Å². The van der Waals surface area contributed by atoms with Crippen molar-refractivity contribution in [2.75, 3.05) is 31.2 Å². The van der Waals surface area contributed by atoms with Crippen LogP contribution in [0.1, 0.15) is 24.0 Å². The minimum Gasteiger partial charge on any atom is -0.411 e. The Morgan fingerprint density at radius 1 is 1.19 bits per heavy atom. The third-order valence-corrected chi connectivity index (χ3v) is 5.52. The van der Waals surface area contributed by atoms with Gasteiger partial charge in [0.1, 0.15) is 23.0 Å². The normalized spacial score (nSPS) is 15.1. The van der Waals surface area contributed by atoms with Crippen LogP contribution >= 0.6 is 0 Å². The number of benzene rings is 1. The highest BCUT2D eigenvalue weighted by Crippen LogP contribution is 2.28. The SMILES string of the molecule is C/C(=N/O)c1ccc2nnc(Cc3c(F)cc4ncc(N5CCOCC5)cc4c3F)n2n1. The Kier molecular flexibility index (Phi) is 5.10. The zero-order valence-electron chi connectivity index (χ0n) is 17.2. The summed E-state index contributed by atoms with van der Waals surface area (Å²) in [6.45, 7) is 4.12. The van der Waals surface area contributed by atoms with E-state index in [0.717, 1.165) is 5.69 Å². The molecule has 1 fully saturated rings. The lowest BCUT2D eigenvalue weighted by molar-refractivity contribution is 0.122. The first-order valence-corrected chi connectivity index (χ1v) is 10.0. The molecule has 11 heteroatoms. The van der Waals surface area contributed by atoms with Crippen molar-refractivity contribution in [1.29, 1.82) is 0 Å². The van der Waals surface area contributed by atoms with Gasteiger partial charge in [0, 0.05) is 36.5 Å². The molecule has 0 aliphatic carbocycles. The molecule has 0 atom stereocenters. The van der Waals surface area contributed by atoms with E-state index in [1.54, 1.807) is 31.3 Å². The number of hydrogen-bond acceptors (Lipinski definition) is 8. The molecule has 32 heavy (non-hydrogen) atoms. The second-order valence-corrected chi connectivity index (χ2v) is 7.48. The van der Waals surface area contributed by atoms with Crippen LogP contribution in [-0.2, 0) is 11.2 Å². The van der Waals surface area contributed by atoms with Crippen LogP contribution in [0.15, 0.2) is 35.6 Å². The molecule has 1 aromatic carbocycles. The van der Waals surface area contributed by atoms with Gasteiger partial charge in [-0.05, 0) is 25.1 Å². The van der Waals surface area contributed by atoms with Crippen LogP contribution in [0.4, 0.5) is 14.5 Å². The molecular formula is C21H19F2N7O2. The van der Waals surface area contributed by atoms with Crippen molar-refractivity contribution in [1.82, 2.24) is 24.8 Å². The molecule has 0 amide bonds. The standard InChI is InChI=1S/C21H19F2N7O2/c1-12(28-31)17-2-3-19-25-26-20(30(19)27-17)9-14-16(22)10-18-15(21(14)23)8-13(11-24-18)29-4-6-32-7-5-29/h2-3,8,10-11,31H,4-7,9H2,1H3/b28-12-. The zero-order valence-corrected chi connectivity index (χ0v) is 17.2. The summed E-state index contributed by atoms with van der Waals surface area (Å²) >= 11 is 0. The van der Waals surface area contributed by atoms with Crippen molar-refractivity contribution in [2.24, 2.45) is 5.16 Å². The van der Waals surface area contributed by atoms with Crippen molar-refractivity contribution in [2.45, 2.75) is 13.3 Å². The van der Waals surface area contributed by atoms with Gasteiger partial charge in [-0.25, -0.2) is 8.78 Å². The summed E-state index contributed by atoms with van der Waals surface area (Å²) in [6.07, 6.45) is 1.46. The number of hydrogen-bond donors (Lipinski definition) is 1. The topological polar surface area (TPSA) is 101 Å². The lowest BCUT2D eigenvalue weighted by Gasteiger charge is -2.28. The average Bonchev–Trinajstić information content (AvgIpc) is 3.23. The van der Waals surface area contributed by atoms with E-state index in [-0.39, 0.29) is 34.4 Å². The van der Waals surface area contributed by atoms with Crippen molar-refractivity contribution >= 4 is 27.9 Å². The van der Waals surface area contributed by atoms with Gasteiger partial charge in [0.05, 0.1) is 30.6 Å². The van der Waals surface area contributed by atoms with Gasteiger partial charge in [-0.1, -0.05) is 5.16 Å². The number of rotatable bonds is 4. The number of oxime groups is 1. The molecule has 0 spiro atoms. The molecular weight excluding hydrogens is 420 g/mol. The smallest absolute Gasteiger partial charge is 0.177 e. The number of morpholine rings is 1. The number of anilines is 1. The summed E-state index contributed by atoms with van der Waals surface area (Å²) in [4.78, 5) is 6.32. The van der Waals surface area contributed by atoms with Gasteiger partial charge in [-0.15, -0.1) is 10.2 Å². The van der Waals surface area contributed by atoms with Crippen LogP contribution in [0, 0.1) is 11.6 Å². The number of aromatic nitrogens is 5. The van der Waals surface area contributed by atoms with Crippen LogP contribution in [0.5, 0.6) is 0 Å². The second kappa shape index (κ2) is 8.08. The molecule has 4 aromatic rings. The Hall–Kier alpha value is -3.73. The van der Waals surface area contributed by atoms with E-state index in [1.807, 2.05) is 0 Å². The molecule has 3 aromatic heterocycles. The Morgan fingerprint density at radius 3 is 2.78 bits per heavy atom. The Morgan fingerprint density at radius 2 is 2.00 bits per heavy atom. The molecule has 0 saturated carbocycles. The molecule has 0 unspecified atom stereocenters. The highest BCUT2D eigenvalue weighted by molar-refractivity contribution is 5.96. The highest BCUT2D eigenvalue weighted by atomic mass is 19.1. The largest absolute Gasteiger partial charge is 0.411 e. The summed E-state index contributed by atoms with van der Waals surface area (Å²) in [5.41, 5.74) is 1.94. The molecule has 0 bridgehead atoms. The number of fused-ring (bicyclic) bond motifs is 2. The van der Waals surface area contributed by atoms with Crippen LogP contribution < -0.4 is 4.90 Å². The summed E-state index contributed by atoms with van der Waals surface area (Å²) < 4.78 is 37.1. The van der Waals surface area contributed by atoms with E-state index < -0.39 is 11.6 Å². The number of nitrogens with zero attached hydrogens (tertiary/aromatic N) is 7. The Labute approximate surface area is 181 Å². The molecule has 4 heterocycles. The Balaban J connectivity index is 1.56. The first kappa shape index (κ1) is 20.2. The van der Waals surface area contributed by atoms with Crippen molar-refractivity contribution < 1.29 is 18.7 Å². The summed E-state index contributed by atoms with van der Waals surface area (Å²) in [6, 6.07) is 6.17. The molecule has 1 saturated heterocycles.